The van der Waals surface area contributed by atoms with Gasteiger partial charge >= 0.3 is 6.18 Å². The monoisotopic (exact) mass is 1410 g/mol. The molecule has 4 aliphatic carbocycles. The summed E-state index contributed by atoms with van der Waals surface area (Å²) in [6.45, 7) is 11.4. The number of ether oxygens (including phenoxy) is 1. The molecule has 1 spiro atoms. The standard InChI is InChI=1S/C72H119F4N11O12/c1-14-46(6)63-69(97)83(10)41-61(90)81(8)42-62(91)85(12)58(37-48-23-17-15-18-24-48)68(96)82(9)40-59(88)78-54(30-28-49-27-29-52(53(73)36-49)72(74,75)76)67(95)87-39-51(99-43-50-25-19-16-20-26-50)38-57(87)66(94)80-71(31-21-22-32-71)70(98)86(13)56(34-45(4)5)64(92)77-47(7)35-60(89)84(11)55(33-44(2)3)65(93)79-63/h44-58,63H,14-43H2,1-13H3,(H,77,92)(H,78,88)(H,79,93)(H,80,94)/t46-,47+,49?,51+,52?,53?,54-,55-,56-,57-,58-,63-/m0/s1. The fourth-order valence-electron chi connectivity index (χ4n) is 15.7. The van der Waals surface area contributed by atoms with Crippen LogP contribution >= 0.6 is 0 Å². The molecule has 6 aliphatic rings. The van der Waals surface area contributed by atoms with Crippen LogP contribution in [0.15, 0.2) is 0 Å². The molecule has 11 amide bonds. The van der Waals surface area contributed by atoms with Crippen molar-refractivity contribution in [1.82, 2.24) is 55.6 Å². The average molecular weight is 1410 g/mol. The lowest BCUT2D eigenvalue weighted by Crippen LogP contribution is -2.64. The molecule has 0 aromatic heterocycles. The van der Waals surface area contributed by atoms with Crippen LogP contribution in [0.2, 0.25) is 0 Å². The minimum absolute atomic E-state index is 0.00298. The van der Waals surface area contributed by atoms with E-state index in [0.717, 1.165) is 78.9 Å². The first kappa shape index (κ1) is 81.8. The number of hydrogen-bond donors (Lipinski definition) is 4. The van der Waals surface area contributed by atoms with Crippen LogP contribution in [0, 0.1) is 41.4 Å². The second-order valence-corrected chi connectivity index (χ2v) is 31.1. The molecular weight excluding hydrogens is 1290 g/mol. The Morgan fingerprint density at radius 3 is 1.70 bits per heavy atom. The van der Waals surface area contributed by atoms with Crippen molar-refractivity contribution in [3.05, 3.63) is 0 Å². The highest BCUT2D eigenvalue weighted by Crippen LogP contribution is 2.43. The highest BCUT2D eigenvalue weighted by molar-refractivity contribution is 5.99. The van der Waals surface area contributed by atoms with E-state index < -0.39 is 181 Å². The summed E-state index contributed by atoms with van der Waals surface area (Å²) in [7, 11) is 8.59. The Kier molecular flexibility index (Phi) is 30.7. The molecule has 6 rings (SSSR count). The number of fused-ring (bicyclic) bond motifs is 1. The molecule has 4 N–H and O–H groups in total. The number of nitrogens with one attached hydrogen (secondary N) is 4. The van der Waals surface area contributed by atoms with Gasteiger partial charge in [0.25, 0.3) is 0 Å². The topological polar surface area (TPSA) is 268 Å². The third kappa shape index (κ3) is 22.7. The lowest BCUT2D eigenvalue weighted by atomic mass is 9.78. The third-order valence-electron chi connectivity index (χ3n) is 22.2. The highest BCUT2D eigenvalue weighted by atomic mass is 19.4. The summed E-state index contributed by atoms with van der Waals surface area (Å²) in [5, 5.41) is 11.7. The number of likely N-dealkylation sites (N-methyl/N-ethyl adjacent to an activating group) is 6. The van der Waals surface area contributed by atoms with E-state index in [1.165, 1.54) is 61.9 Å². The van der Waals surface area contributed by atoms with Crippen LogP contribution in [0.4, 0.5) is 17.6 Å². The van der Waals surface area contributed by atoms with Crippen molar-refractivity contribution in [2.75, 3.05) is 75.1 Å². The second kappa shape index (κ2) is 37.2. The summed E-state index contributed by atoms with van der Waals surface area (Å²) in [5.41, 5.74) is -1.55. The number of carbonyl (C=O) groups excluding carboxylic acids is 11. The van der Waals surface area contributed by atoms with Crippen LogP contribution in [-0.4, -0.2) is 241 Å². The minimum atomic E-state index is -4.75. The van der Waals surface area contributed by atoms with Crippen LogP contribution in [0.1, 0.15) is 209 Å². The normalized spacial score (nSPS) is 30.1. The summed E-state index contributed by atoms with van der Waals surface area (Å²) in [6, 6.07) is -8.01. The number of amides is 11. The lowest BCUT2D eigenvalue weighted by Gasteiger charge is -2.39. The summed E-state index contributed by atoms with van der Waals surface area (Å²) >= 11 is 0. The molecule has 0 aromatic rings. The van der Waals surface area contributed by atoms with E-state index in [-0.39, 0.29) is 94.4 Å². The molecule has 0 aromatic carbocycles. The van der Waals surface area contributed by atoms with Gasteiger partial charge < -0.3 is 60.3 Å². The van der Waals surface area contributed by atoms with Crippen LogP contribution in [0.25, 0.3) is 0 Å². The minimum Gasteiger partial charge on any atom is -0.376 e. The molecule has 4 saturated carbocycles. The maximum Gasteiger partial charge on any atom is 0.394 e. The Bertz CT molecular complexity index is 2780. The Morgan fingerprint density at radius 1 is 0.566 bits per heavy atom. The zero-order valence-electron chi connectivity index (χ0n) is 61.5. The van der Waals surface area contributed by atoms with Crippen molar-refractivity contribution >= 4 is 65.0 Å². The zero-order chi connectivity index (χ0) is 73.4. The molecule has 2 saturated heterocycles. The summed E-state index contributed by atoms with van der Waals surface area (Å²) in [5.74, 6) is -10.1. The maximum atomic E-state index is 15.6. The van der Waals surface area contributed by atoms with Gasteiger partial charge in [-0.3, -0.25) is 52.7 Å². The van der Waals surface area contributed by atoms with Crippen molar-refractivity contribution in [1.29, 1.82) is 0 Å². The van der Waals surface area contributed by atoms with E-state index >= 15 is 18.8 Å². The molecule has 2 heterocycles. The summed E-state index contributed by atoms with van der Waals surface area (Å²) < 4.78 is 63.8. The number of rotatable bonds is 14. The molecule has 12 atom stereocenters. The van der Waals surface area contributed by atoms with Crippen molar-refractivity contribution < 1.29 is 75.0 Å². The van der Waals surface area contributed by atoms with E-state index in [1.54, 1.807) is 13.8 Å². The number of carbonyl (C=O) groups is 11. The fraction of sp³-hybridized carbons (Fsp3) is 0.847. The molecule has 0 bridgehead atoms. The van der Waals surface area contributed by atoms with E-state index in [4.69, 9.17) is 4.74 Å². The Morgan fingerprint density at radius 2 is 1.12 bits per heavy atom. The third-order valence-corrected chi connectivity index (χ3v) is 22.2. The molecule has 3 unspecified atom stereocenters. The summed E-state index contributed by atoms with van der Waals surface area (Å²) in [4.78, 5) is 171. The van der Waals surface area contributed by atoms with E-state index in [2.05, 4.69) is 21.3 Å². The van der Waals surface area contributed by atoms with E-state index in [0.29, 0.717) is 25.9 Å². The van der Waals surface area contributed by atoms with Crippen molar-refractivity contribution in [3.8, 4) is 0 Å². The number of nitrogens with zero attached hydrogens (tertiary/aromatic N) is 7. The largest absolute Gasteiger partial charge is 0.394 e. The van der Waals surface area contributed by atoms with Crippen LogP contribution in [0.3, 0.4) is 0 Å². The Hall–Kier alpha value is -6.15. The van der Waals surface area contributed by atoms with Gasteiger partial charge in [0.1, 0.15) is 48.0 Å². The van der Waals surface area contributed by atoms with Gasteiger partial charge in [0.2, 0.25) is 65.0 Å². The second-order valence-electron chi connectivity index (χ2n) is 31.1. The van der Waals surface area contributed by atoms with Gasteiger partial charge in [0.05, 0.1) is 31.7 Å². The highest BCUT2D eigenvalue weighted by Gasteiger charge is 2.52. The summed E-state index contributed by atoms with van der Waals surface area (Å²) in [6.07, 6.45) is 2.83. The fourth-order valence-corrected chi connectivity index (χ4v) is 15.7. The molecular formula is C72H119F4N11O12. The van der Waals surface area contributed by atoms with E-state index in [1.807, 2.05) is 34.6 Å². The molecule has 99 heavy (non-hydrogen) atoms. The van der Waals surface area contributed by atoms with Gasteiger partial charge in [-0.05, 0) is 119 Å². The molecule has 562 valence electrons. The van der Waals surface area contributed by atoms with Crippen molar-refractivity contribution in [3.63, 3.8) is 0 Å². The smallest absolute Gasteiger partial charge is 0.376 e. The Balaban J connectivity index is 1.40. The van der Waals surface area contributed by atoms with Gasteiger partial charge in [-0.15, -0.1) is 0 Å². The Labute approximate surface area is 585 Å². The number of hydrogen-bond acceptors (Lipinski definition) is 12. The molecule has 2 aliphatic heterocycles. The van der Waals surface area contributed by atoms with E-state index in [9.17, 15) is 51.5 Å². The SMILES string of the molecule is CC[C@H](C)[C@@H]1NC(=O)[C@H](CC(C)C)N(C)C(=O)C[C@@H](C)NC(=O)[C@H](CC(C)C)N(C)C(=O)C2(CCCC2)NC(=O)[C@@H]2C[C@@H](OCC3CCCCC3)CN2C(=O)[C@H](CCC2CCC(C(F)(F)F)C(F)C2)NC(=O)CN(C)C(=O)[C@H](CC2CCCCC2)N(C)C(=O)CN(C)C(=O)CN(C)C1=O. The molecule has 0 radical (unpaired) electrons. The van der Waals surface area contributed by atoms with Crippen molar-refractivity contribution in [2.24, 2.45) is 41.4 Å². The van der Waals surface area contributed by atoms with Crippen LogP contribution < -0.4 is 21.3 Å². The maximum absolute atomic E-state index is 15.6. The first-order valence-electron chi connectivity index (χ1n) is 36.9. The lowest BCUT2D eigenvalue weighted by molar-refractivity contribution is -0.201. The molecule has 6 fully saturated rings. The van der Waals surface area contributed by atoms with Gasteiger partial charge in [0, 0.05) is 74.3 Å². The number of halogens is 4. The predicted octanol–water partition coefficient (Wildman–Crippen LogP) is 6.92. The van der Waals surface area contributed by atoms with Gasteiger partial charge in [0.15, 0.2) is 0 Å². The molecule has 23 nitrogen and oxygen atoms in total. The quantitative estimate of drug-likeness (QED) is 0.129. The van der Waals surface area contributed by atoms with Crippen molar-refractivity contribution in [2.45, 2.75) is 275 Å². The number of alkyl halides is 4. The van der Waals surface area contributed by atoms with Gasteiger partial charge in [-0.25, -0.2) is 4.39 Å². The average Bonchev–Trinajstić information content (AvgIpc) is 1.69. The van der Waals surface area contributed by atoms with Crippen LogP contribution in [0.5, 0.6) is 0 Å². The van der Waals surface area contributed by atoms with Crippen LogP contribution in [-0.2, 0) is 57.5 Å². The van der Waals surface area contributed by atoms with Gasteiger partial charge in [-0.1, -0.05) is 112 Å². The molecule has 27 heteroatoms. The first-order valence-corrected chi connectivity index (χ1v) is 36.9. The van der Waals surface area contributed by atoms with Gasteiger partial charge in [-0.2, -0.15) is 13.2 Å². The predicted molar refractivity (Wildman–Crippen MR) is 365 cm³/mol. The first-order chi connectivity index (χ1) is 46.5. The zero-order valence-corrected chi connectivity index (χ0v) is 61.5.